The maximum Gasteiger partial charge on any atom is 0.246 e. The predicted molar refractivity (Wildman–Crippen MR) is 120 cm³/mol. The molecule has 3 aromatic rings. The van der Waals surface area contributed by atoms with Gasteiger partial charge < -0.3 is 4.90 Å². The third kappa shape index (κ3) is 5.59. The zero-order valence-corrected chi connectivity index (χ0v) is 17.6. The van der Waals surface area contributed by atoms with Gasteiger partial charge in [0.05, 0.1) is 12.7 Å². The molecule has 1 aliphatic rings. The van der Waals surface area contributed by atoms with Crippen molar-refractivity contribution in [2.75, 3.05) is 26.2 Å². The van der Waals surface area contributed by atoms with Gasteiger partial charge in [-0.3, -0.25) is 14.4 Å². The lowest BCUT2D eigenvalue weighted by Crippen LogP contribution is -2.47. The average molecular weight is 421 g/mol. The normalized spacial score (nSPS) is 15.0. The smallest absolute Gasteiger partial charge is 0.246 e. The molecular formula is C24H25ClN4O. The molecule has 0 aliphatic carbocycles. The van der Waals surface area contributed by atoms with E-state index in [0.717, 1.165) is 49.9 Å². The number of halogens is 1. The molecule has 0 radical (unpaired) electrons. The van der Waals surface area contributed by atoms with Gasteiger partial charge in [0.1, 0.15) is 0 Å². The molecule has 0 unspecified atom stereocenters. The van der Waals surface area contributed by atoms with Crippen molar-refractivity contribution in [2.24, 2.45) is 0 Å². The Balaban J connectivity index is 1.25. The first kappa shape index (κ1) is 20.4. The molecule has 154 valence electrons. The largest absolute Gasteiger partial charge is 0.337 e. The summed E-state index contributed by atoms with van der Waals surface area (Å²) in [5.74, 6) is 0.0527. The summed E-state index contributed by atoms with van der Waals surface area (Å²) in [6.45, 7) is 4.83. The fourth-order valence-electron chi connectivity index (χ4n) is 3.57. The Morgan fingerprint density at radius 3 is 2.37 bits per heavy atom. The summed E-state index contributed by atoms with van der Waals surface area (Å²) in [5.41, 5.74) is 3.37. The van der Waals surface area contributed by atoms with Gasteiger partial charge in [-0.1, -0.05) is 54.1 Å². The Labute approximate surface area is 182 Å². The molecule has 1 fully saturated rings. The van der Waals surface area contributed by atoms with E-state index in [1.165, 1.54) is 11.1 Å². The number of piperazine rings is 1. The van der Waals surface area contributed by atoms with Crippen molar-refractivity contribution < 1.29 is 4.79 Å². The Morgan fingerprint density at radius 2 is 1.63 bits per heavy atom. The van der Waals surface area contributed by atoms with E-state index in [1.54, 1.807) is 12.3 Å². The van der Waals surface area contributed by atoms with Crippen LogP contribution in [0.25, 0.3) is 6.08 Å². The molecule has 0 bridgehead atoms. The number of rotatable bonds is 6. The van der Waals surface area contributed by atoms with Gasteiger partial charge >= 0.3 is 0 Å². The molecule has 0 saturated carbocycles. The number of nitrogens with zero attached hydrogens (tertiary/aromatic N) is 4. The van der Waals surface area contributed by atoms with Gasteiger partial charge in [-0.05, 0) is 29.3 Å². The molecule has 30 heavy (non-hydrogen) atoms. The van der Waals surface area contributed by atoms with E-state index in [2.05, 4.69) is 34.3 Å². The van der Waals surface area contributed by atoms with Crippen molar-refractivity contribution in [3.8, 4) is 0 Å². The SMILES string of the molecule is O=C(C=Cc1cnn(Cc2ccccc2)c1)N1CCN(Cc2ccc(Cl)cc2)CC1. The van der Waals surface area contributed by atoms with Crippen LogP contribution in [0.4, 0.5) is 0 Å². The summed E-state index contributed by atoms with van der Waals surface area (Å²) in [4.78, 5) is 16.8. The number of benzene rings is 2. The monoisotopic (exact) mass is 420 g/mol. The highest BCUT2D eigenvalue weighted by molar-refractivity contribution is 6.30. The third-order valence-corrected chi connectivity index (χ3v) is 5.51. The minimum absolute atomic E-state index is 0.0527. The molecule has 0 atom stereocenters. The summed E-state index contributed by atoms with van der Waals surface area (Å²) in [6.07, 6.45) is 7.24. The fourth-order valence-corrected chi connectivity index (χ4v) is 3.70. The van der Waals surface area contributed by atoms with Gasteiger partial charge in [-0.15, -0.1) is 0 Å². The highest BCUT2D eigenvalue weighted by atomic mass is 35.5. The predicted octanol–water partition coefficient (Wildman–Crippen LogP) is 3.94. The molecule has 6 heteroatoms. The second kappa shape index (κ2) is 9.74. The zero-order valence-electron chi connectivity index (χ0n) is 16.8. The minimum atomic E-state index is 0.0527. The van der Waals surface area contributed by atoms with Crippen LogP contribution in [0.5, 0.6) is 0 Å². The molecule has 0 N–H and O–H groups in total. The van der Waals surface area contributed by atoms with Crippen molar-refractivity contribution in [3.05, 3.63) is 94.8 Å². The lowest BCUT2D eigenvalue weighted by molar-refractivity contribution is -0.127. The van der Waals surface area contributed by atoms with Crippen molar-refractivity contribution in [1.29, 1.82) is 0 Å². The fraction of sp³-hybridized carbons (Fsp3) is 0.250. The number of hydrogen-bond acceptors (Lipinski definition) is 3. The standard InChI is InChI=1S/C24H25ClN4O/c25-23-9-6-21(7-10-23)17-27-12-14-28(15-13-27)24(30)11-8-22-16-26-29(19-22)18-20-4-2-1-3-5-20/h1-11,16,19H,12-15,17-18H2. The van der Waals surface area contributed by atoms with Gasteiger partial charge in [0.15, 0.2) is 0 Å². The van der Waals surface area contributed by atoms with Crippen LogP contribution in [0.15, 0.2) is 73.1 Å². The van der Waals surface area contributed by atoms with E-state index in [9.17, 15) is 4.79 Å². The van der Waals surface area contributed by atoms with Gasteiger partial charge in [0.25, 0.3) is 0 Å². The molecule has 1 aliphatic heterocycles. The molecule has 2 heterocycles. The van der Waals surface area contributed by atoms with E-state index in [-0.39, 0.29) is 5.91 Å². The Hall–Kier alpha value is -2.89. The Kier molecular flexibility index (Phi) is 6.62. The van der Waals surface area contributed by atoms with Crippen LogP contribution in [0.2, 0.25) is 5.02 Å². The zero-order chi connectivity index (χ0) is 20.8. The molecule has 1 amide bonds. The number of amides is 1. The molecule has 5 nitrogen and oxygen atoms in total. The van der Waals surface area contributed by atoms with Crippen molar-refractivity contribution in [2.45, 2.75) is 13.1 Å². The molecule has 1 aromatic heterocycles. The lowest BCUT2D eigenvalue weighted by atomic mass is 10.2. The van der Waals surface area contributed by atoms with E-state index in [1.807, 2.05) is 52.2 Å². The van der Waals surface area contributed by atoms with Gasteiger partial charge in [-0.2, -0.15) is 5.10 Å². The highest BCUT2D eigenvalue weighted by Gasteiger charge is 2.19. The van der Waals surface area contributed by atoms with E-state index >= 15 is 0 Å². The van der Waals surface area contributed by atoms with Crippen LogP contribution in [-0.2, 0) is 17.9 Å². The lowest BCUT2D eigenvalue weighted by Gasteiger charge is -2.34. The van der Waals surface area contributed by atoms with Crippen LogP contribution < -0.4 is 0 Å². The summed E-state index contributed by atoms with van der Waals surface area (Å²) in [7, 11) is 0. The maximum absolute atomic E-state index is 12.6. The Morgan fingerprint density at radius 1 is 0.933 bits per heavy atom. The van der Waals surface area contributed by atoms with Crippen LogP contribution in [-0.4, -0.2) is 51.7 Å². The Bertz CT molecular complexity index is 990. The third-order valence-electron chi connectivity index (χ3n) is 5.26. The first-order valence-electron chi connectivity index (χ1n) is 10.2. The van der Waals surface area contributed by atoms with Crippen molar-refractivity contribution in [1.82, 2.24) is 19.6 Å². The van der Waals surface area contributed by atoms with Crippen molar-refractivity contribution in [3.63, 3.8) is 0 Å². The highest BCUT2D eigenvalue weighted by Crippen LogP contribution is 2.13. The van der Waals surface area contributed by atoms with Gasteiger partial charge in [-0.25, -0.2) is 0 Å². The summed E-state index contributed by atoms with van der Waals surface area (Å²) in [6, 6.07) is 18.2. The first-order chi connectivity index (χ1) is 14.7. The average Bonchev–Trinajstić information content (AvgIpc) is 3.22. The number of carbonyl (C=O) groups excluding carboxylic acids is 1. The molecule has 1 saturated heterocycles. The van der Waals surface area contributed by atoms with Crippen LogP contribution in [0.1, 0.15) is 16.7 Å². The molecular weight excluding hydrogens is 396 g/mol. The van der Waals surface area contributed by atoms with Crippen LogP contribution in [0, 0.1) is 0 Å². The van der Waals surface area contributed by atoms with Crippen LogP contribution in [0.3, 0.4) is 0 Å². The minimum Gasteiger partial charge on any atom is -0.337 e. The molecule has 4 rings (SSSR count). The second-order valence-electron chi connectivity index (χ2n) is 7.52. The summed E-state index contributed by atoms with van der Waals surface area (Å²) in [5, 5.41) is 5.14. The quantitative estimate of drug-likeness (QED) is 0.567. The maximum atomic E-state index is 12.6. The first-order valence-corrected chi connectivity index (χ1v) is 10.5. The van der Waals surface area contributed by atoms with E-state index < -0.39 is 0 Å². The molecule has 2 aromatic carbocycles. The summed E-state index contributed by atoms with van der Waals surface area (Å²) < 4.78 is 1.88. The number of aromatic nitrogens is 2. The second-order valence-corrected chi connectivity index (χ2v) is 7.95. The van der Waals surface area contributed by atoms with Crippen molar-refractivity contribution >= 4 is 23.6 Å². The van der Waals surface area contributed by atoms with E-state index in [0.29, 0.717) is 0 Å². The number of carbonyl (C=O) groups is 1. The summed E-state index contributed by atoms with van der Waals surface area (Å²) >= 11 is 5.95. The van der Waals surface area contributed by atoms with E-state index in [4.69, 9.17) is 11.6 Å². The number of hydrogen-bond donors (Lipinski definition) is 0. The topological polar surface area (TPSA) is 41.4 Å². The van der Waals surface area contributed by atoms with Gasteiger partial charge in [0.2, 0.25) is 5.91 Å². The van der Waals surface area contributed by atoms with Crippen LogP contribution >= 0.6 is 11.6 Å². The molecule has 0 spiro atoms. The van der Waals surface area contributed by atoms with Gasteiger partial charge in [0, 0.05) is 55.6 Å².